The maximum absolute atomic E-state index is 14.5. The average Bonchev–Trinajstić information content (AvgIpc) is 3.31. The second-order valence-electron chi connectivity index (χ2n) is 6.17. The molecule has 22 heavy (non-hydrogen) atoms. The van der Waals surface area contributed by atoms with Crippen LogP contribution < -0.4 is 4.90 Å². The second kappa shape index (κ2) is 5.73. The zero-order valence-corrected chi connectivity index (χ0v) is 13.7. The van der Waals surface area contributed by atoms with Crippen LogP contribution in [0.15, 0.2) is 6.33 Å². The predicted octanol–water partition coefficient (Wildman–Crippen LogP) is 1.35. The fourth-order valence-electron chi connectivity index (χ4n) is 2.95. The quantitative estimate of drug-likeness (QED) is 0.835. The molecule has 2 heterocycles. The Morgan fingerprint density at radius 2 is 1.86 bits per heavy atom. The van der Waals surface area contributed by atoms with Crippen LogP contribution in [-0.4, -0.2) is 55.1 Å². The minimum atomic E-state index is -3.19. The SMILES string of the molecule is CN(C1CCN(c2ncnc(C3CC3)c2F)CC1)S(C)(=O)=O. The molecule has 6 nitrogen and oxygen atoms in total. The Bertz CT molecular complexity index is 655. The van der Waals surface area contributed by atoms with E-state index in [2.05, 4.69) is 9.97 Å². The van der Waals surface area contributed by atoms with Gasteiger partial charge in [-0.3, -0.25) is 0 Å². The van der Waals surface area contributed by atoms with Crippen molar-refractivity contribution in [2.45, 2.75) is 37.6 Å². The molecule has 0 spiro atoms. The lowest BCUT2D eigenvalue weighted by Gasteiger charge is -2.36. The molecule has 122 valence electrons. The van der Waals surface area contributed by atoms with Crippen molar-refractivity contribution in [3.8, 4) is 0 Å². The van der Waals surface area contributed by atoms with Gasteiger partial charge in [0.05, 0.1) is 11.9 Å². The van der Waals surface area contributed by atoms with E-state index in [1.807, 2.05) is 4.90 Å². The van der Waals surface area contributed by atoms with Crippen LogP contribution in [0.3, 0.4) is 0 Å². The minimum Gasteiger partial charge on any atom is -0.354 e. The van der Waals surface area contributed by atoms with E-state index in [-0.39, 0.29) is 17.8 Å². The largest absolute Gasteiger partial charge is 0.354 e. The molecule has 2 aliphatic rings. The molecule has 1 saturated carbocycles. The Morgan fingerprint density at radius 1 is 1.23 bits per heavy atom. The van der Waals surface area contributed by atoms with E-state index in [1.165, 1.54) is 16.9 Å². The Morgan fingerprint density at radius 3 is 2.41 bits per heavy atom. The summed E-state index contributed by atoms with van der Waals surface area (Å²) >= 11 is 0. The van der Waals surface area contributed by atoms with E-state index >= 15 is 0 Å². The van der Waals surface area contributed by atoms with Gasteiger partial charge in [-0.1, -0.05) is 0 Å². The minimum absolute atomic E-state index is 0.0287. The summed E-state index contributed by atoms with van der Waals surface area (Å²) in [5.41, 5.74) is 0.528. The first-order valence-electron chi connectivity index (χ1n) is 7.56. The normalized spacial score (nSPS) is 20.6. The average molecular weight is 328 g/mol. The van der Waals surface area contributed by atoms with E-state index in [1.54, 1.807) is 7.05 Å². The number of aromatic nitrogens is 2. The summed E-state index contributed by atoms with van der Waals surface area (Å²) in [7, 11) is -1.58. The van der Waals surface area contributed by atoms with Crippen LogP contribution in [-0.2, 0) is 10.0 Å². The van der Waals surface area contributed by atoms with Gasteiger partial charge >= 0.3 is 0 Å². The Hall–Kier alpha value is -1.28. The van der Waals surface area contributed by atoms with Gasteiger partial charge in [-0.15, -0.1) is 0 Å². The number of nitrogens with zero attached hydrogens (tertiary/aromatic N) is 4. The summed E-state index contributed by atoms with van der Waals surface area (Å²) in [6.07, 6.45) is 5.98. The molecule has 8 heteroatoms. The molecule has 0 bridgehead atoms. The van der Waals surface area contributed by atoms with Gasteiger partial charge in [0, 0.05) is 32.1 Å². The molecule has 0 N–H and O–H groups in total. The highest BCUT2D eigenvalue weighted by Gasteiger charge is 2.32. The van der Waals surface area contributed by atoms with E-state index in [0.29, 0.717) is 37.4 Å². The molecule has 1 aromatic heterocycles. The van der Waals surface area contributed by atoms with Crippen LogP contribution in [0.4, 0.5) is 10.2 Å². The molecule has 1 saturated heterocycles. The molecule has 2 fully saturated rings. The van der Waals surface area contributed by atoms with E-state index in [0.717, 1.165) is 12.8 Å². The van der Waals surface area contributed by atoms with Crippen LogP contribution in [0, 0.1) is 5.82 Å². The van der Waals surface area contributed by atoms with E-state index in [9.17, 15) is 12.8 Å². The van der Waals surface area contributed by atoms with Gasteiger partial charge in [0.1, 0.15) is 6.33 Å². The Balaban J connectivity index is 1.70. The third-order valence-electron chi connectivity index (χ3n) is 4.56. The lowest BCUT2D eigenvalue weighted by molar-refractivity contribution is 0.312. The summed E-state index contributed by atoms with van der Waals surface area (Å²) in [6, 6.07) is -0.0287. The number of anilines is 1. The maximum atomic E-state index is 14.5. The van der Waals surface area contributed by atoms with Crippen molar-refractivity contribution < 1.29 is 12.8 Å². The third kappa shape index (κ3) is 3.08. The highest BCUT2D eigenvalue weighted by atomic mass is 32.2. The second-order valence-corrected chi connectivity index (χ2v) is 8.21. The zero-order valence-electron chi connectivity index (χ0n) is 12.9. The summed E-state index contributed by atoms with van der Waals surface area (Å²) in [4.78, 5) is 10.1. The summed E-state index contributed by atoms with van der Waals surface area (Å²) in [6.45, 7) is 1.20. The van der Waals surface area contributed by atoms with Gasteiger partial charge in [-0.2, -0.15) is 0 Å². The molecule has 1 aliphatic heterocycles. The van der Waals surface area contributed by atoms with Crippen LogP contribution in [0.5, 0.6) is 0 Å². The number of hydrogen-bond donors (Lipinski definition) is 0. The molecule has 0 unspecified atom stereocenters. The van der Waals surface area contributed by atoms with Crippen LogP contribution in [0.2, 0.25) is 0 Å². The van der Waals surface area contributed by atoms with Crippen molar-refractivity contribution in [3.05, 3.63) is 17.8 Å². The molecule has 0 radical (unpaired) electrons. The monoisotopic (exact) mass is 328 g/mol. The van der Waals surface area contributed by atoms with Gasteiger partial charge in [-0.25, -0.2) is 27.1 Å². The van der Waals surface area contributed by atoms with Crippen LogP contribution in [0.25, 0.3) is 0 Å². The van der Waals surface area contributed by atoms with Gasteiger partial charge in [0.2, 0.25) is 10.0 Å². The number of rotatable bonds is 4. The Labute approximate surface area is 130 Å². The maximum Gasteiger partial charge on any atom is 0.211 e. The van der Waals surface area contributed by atoms with Crippen molar-refractivity contribution >= 4 is 15.8 Å². The van der Waals surface area contributed by atoms with Crippen LogP contribution in [0.1, 0.15) is 37.3 Å². The topological polar surface area (TPSA) is 66.4 Å². The van der Waals surface area contributed by atoms with Crippen molar-refractivity contribution in [2.24, 2.45) is 0 Å². The van der Waals surface area contributed by atoms with Gasteiger partial charge < -0.3 is 4.90 Å². The Kier molecular flexibility index (Phi) is 4.07. The molecule has 3 rings (SSSR count). The van der Waals surface area contributed by atoms with Gasteiger partial charge in [0.15, 0.2) is 11.6 Å². The number of halogens is 1. The highest BCUT2D eigenvalue weighted by molar-refractivity contribution is 7.88. The smallest absolute Gasteiger partial charge is 0.211 e. The fourth-order valence-corrected chi connectivity index (χ4v) is 3.70. The molecule has 0 atom stereocenters. The first-order chi connectivity index (χ1) is 10.4. The van der Waals surface area contributed by atoms with Gasteiger partial charge in [0.25, 0.3) is 0 Å². The van der Waals surface area contributed by atoms with Crippen molar-refractivity contribution in [3.63, 3.8) is 0 Å². The summed E-state index contributed by atoms with van der Waals surface area (Å²) < 4.78 is 39.1. The highest BCUT2D eigenvalue weighted by Crippen LogP contribution is 2.41. The first-order valence-corrected chi connectivity index (χ1v) is 9.41. The van der Waals surface area contributed by atoms with Gasteiger partial charge in [-0.05, 0) is 25.7 Å². The van der Waals surface area contributed by atoms with Crippen molar-refractivity contribution in [2.75, 3.05) is 31.3 Å². The molecule has 0 amide bonds. The fraction of sp³-hybridized carbons (Fsp3) is 0.714. The molecule has 1 aromatic rings. The van der Waals surface area contributed by atoms with Crippen molar-refractivity contribution in [1.82, 2.24) is 14.3 Å². The molecule has 0 aromatic carbocycles. The molecular formula is C14H21FN4O2S. The van der Waals surface area contributed by atoms with E-state index in [4.69, 9.17) is 0 Å². The van der Waals surface area contributed by atoms with Crippen molar-refractivity contribution in [1.29, 1.82) is 0 Å². The number of piperidine rings is 1. The third-order valence-corrected chi connectivity index (χ3v) is 5.91. The lowest BCUT2D eigenvalue weighted by Crippen LogP contribution is -2.45. The summed E-state index contributed by atoms with van der Waals surface area (Å²) in [5.74, 6) is 0.299. The molecule has 1 aliphatic carbocycles. The standard InChI is InChI=1S/C14H21FN4O2S/c1-18(22(2,20)21)11-5-7-19(8-6-11)14-12(15)13(10-3-4-10)16-9-17-14/h9-11H,3-8H2,1-2H3. The predicted molar refractivity (Wildman–Crippen MR) is 81.8 cm³/mol. The lowest BCUT2D eigenvalue weighted by atomic mass is 10.1. The zero-order chi connectivity index (χ0) is 15.9. The first kappa shape index (κ1) is 15.6. The van der Waals surface area contributed by atoms with E-state index < -0.39 is 10.0 Å². The number of hydrogen-bond acceptors (Lipinski definition) is 5. The van der Waals surface area contributed by atoms with Crippen LogP contribution >= 0.6 is 0 Å². The summed E-state index contributed by atoms with van der Waals surface area (Å²) in [5, 5.41) is 0. The molecular weight excluding hydrogens is 307 g/mol. The number of sulfonamides is 1.